The van der Waals surface area contributed by atoms with Gasteiger partial charge >= 0.3 is 0 Å². The topological polar surface area (TPSA) is 75.7 Å². The fourth-order valence-electron chi connectivity index (χ4n) is 4.18. The summed E-state index contributed by atoms with van der Waals surface area (Å²) in [4.78, 5) is 12.7. The summed E-state index contributed by atoms with van der Waals surface area (Å²) in [6.45, 7) is 0.418. The molecule has 1 saturated carbocycles. The van der Waals surface area contributed by atoms with E-state index >= 15 is 0 Å². The van der Waals surface area contributed by atoms with Gasteiger partial charge < -0.3 is 10.1 Å². The second-order valence-electron chi connectivity index (χ2n) is 7.67. The van der Waals surface area contributed by atoms with E-state index in [0.717, 1.165) is 44.1 Å². The second-order valence-corrected chi connectivity index (χ2v) is 9.53. The van der Waals surface area contributed by atoms with Crippen LogP contribution in [0.3, 0.4) is 0 Å². The average molecular weight is 415 g/mol. The Morgan fingerprint density at radius 1 is 1.07 bits per heavy atom. The molecule has 1 N–H and O–H groups in total. The highest BCUT2D eigenvalue weighted by molar-refractivity contribution is 7.92. The van der Waals surface area contributed by atoms with E-state index in [1.807, 2.05) is 12.1 Å². The van der Waals surface area contributed by atoms with E-state index in [2.05, 4.69) is 5.32 Å². The third-order valence-corrected chi connectivity index (χ3v) is 7.63. The lowest BCUT2D eigenvalue weighted by atomic mass is 10.0. The van der Waals surface area contributed by atoms with Gasteiger partial charge in [-0.2, -0.15) is 0 Å². The predicted molar refractivity (Wildman–Crippen MR) is 113 cm³/mol. The van der Waals surface area contributed by atoms with E-state index in [-0.39, 0.29) is 16.7 Å². The molecule has 1 aliphatic carbocycles. The van der Waals surface area contributed by atoms with Gasteiger partial charge in [0.1, 0.15) is 5.75 Å². The number of carbonyl (C=O) groups is 1. The molecular formula is C22H26N2O4S. The minimum atomic E-state index is -3.70. The smallest absolute Gasteiger partial charge is 0.264 e. The van der Waals surface area contributed by atoms with E-state index in [0.29, 0.717) is 23.7 Å². The monoisotopic (exact) mass is 414 g/mol. The zero-order chi connectivity index (χ0) is 20.4. The highest BCUT2D eigenvalue weighted by Gasteiger charge is 2.30. The molecule has 2 aliphatic rings. The molecule has 0 unspecified atom stereocenters. The van der Waals surface area contributed by atoms with Crippen LogP contribution in [0.15, 0.2) is 47.4 Å². The Bertz CT molecular complexity index is 996. The molecule has 0 aromatic heterocycles. The van der Waals surface area contributed by atoms with E-state index in [4.69, 9.17) is 4.74 Å². The van der Waals surface area contributed by atoms with Crippen molar-refractivity contribution >= 4 is 27.3 Å². The van der Waals surface area contributed by atoms with Gasteiger partial charge in [0.2, 0.25) is 5.91 Å². The average Bonchev–Trinajstić information content (AvgIpc) is 3.28. The maximum atomic E-state index is 13.3. The lowest BCUT2D eigenvalue weighted by Crippen LogP contribution is -2.35. The molecule has 1 amide bonds. The van der Waals surface area contributed by atoms with Crippen molar-refractivity contribution in [1.29, 1.82) is 0 Å². The van der Waals surface area contributed by atoms with Crippen LogP contribution in [0.4, 0.5) is 11.4 Å². The minimum absolute atomic E-state index is 0.0304. The van der Waals surface area contributed by atoms with Crippen molar-refractivity contribution in [2.24, 2.45) is 5.92 Å². The van der Waals surface area contributed by atoms with Gasteiger partial charge in [-0.3, -0.25) is 9.10 Å². The number of hydrogen-bond acceptors (Lipinski definition) is 4. The number of carbonyl (C=O) groups excluding carboxylic acids is 1. The lowest BCUT2D eigenvalue weighted by Gasteiger charge is -2.31. The molecule has 1 aliphatic heterocycles. The number of methoxy groups -OCH3 is 1. The van der Waals surface area contributed by atoms with Crippen LogP contribution in [-0.2, 0) is 21.2 Å². The first-order chi connectivity index (χ1) is 14.0. The highest BCUT2D eigenvalue weighted by atomic mass is 32.2. The van der Waals surface area contributed by atoms with Crippen LogP contribution in [0, 0.1) is 5.92 Å². The first kappa shape index (κ1) is 19.8. The summed E-state index contributed by atoms with van der Waals surface area (Å²) in [7, 11) is -2.15. The van der Waals surface area contributed by atoms with Crippen LogP contribution < -0.4 is 14.4 Å². The van der Waals surface area contributed by atoms with Crippen molar-refractivity contribution in [2.45, 2.75) is 43.4 Å². The number of nitrogens with zero attached hydrogens (tertiary/aromatic N) is 1. The maximum absolute atomic E-state index is 13.3. The largest absolute Gasteiger partial charge is 0.497 e. The number of sulfonamides is 1. The highest BCUT2D eigenvalue weighted by Crippen LogP contribution is 2.35. The Kier molecular flexibility index (Phi) is 5.50. The Labute approximate surface area is 171 Å². The van der Waals surface area contributed by atoms with E-state index in [1.165, 1.54) is 4.31 Å². The molecular weight excluding hydrogens is 388 g/mol. The fourth-order valence-corrected chi connectivity index (χ4v) is 5.71. The normalized spacial score (nSPS) is 17.1. The number of hydrogen-bond donors (Lipinski definition) is 1. The molecule has 29 heavy (non-hydrogen) atoms. The van der Waals surface area contributed by atoms with Crippen molar-refractivity contribution in [1.82, 2.24) is 0 Å². The molecule has 0 spiro atoms. The van der Waals surface area contributed by atoms with Gasteiger partial charge in [-0.15, -0.1) is 0 Å². The fraction of sp³-hybridized carbons (Fsp3) is 0.409. The number of fused-ring (bicyclic) bond motifs is 1. The number of benzene rings is 2. The summed E-state index contributed by atoms with van der Waals surface area (Å²) >= 11 is 0. The summed E-state index contributed by atoms with van der Waals surface area (Å²) in [6, 6.07) is 12.0. The molecule has 0 saturated heterocycles. The van der Waals surface area contributed by atoms with Crippen molar-refractivity contribution in [2.75, 3.05) is 23.3 Å². The Balaban J connectivity index is 1.63. The summed E-state index contributed by atoms with van der Waals surface area (Å²) in [5.74, 6) is 0.702. The maximum Gasteiger partial charge on any atom is 0.264 e. The SMILES string of the molecule is COc1ccc(S(=O)(=O)N2CCCc3ccc(NC(=O)C4CCCC4)cc32)cc1. The number of anilines is 2. The van der Waals surface area contributed by atoms with Crippen LogP contribution in [0.5, 0.6) is 5.75 Å². The van der Waals surface area contributed by atoms with Crippen LogP contribution >= 0.6 is 0 Å². The first-order valence-electron chi connectivity index (χ1n) is 10.1. The molecule has 154 valence electrons. The molecule has 2 aromatic carbocycles. The molecule has 0 bridgehead atoms. The molecule has 4 rings (SSSR count). The number of amides is 1. The number of rotatable bonds is 5. The third-order valence-electron chi connectivity index (χ3n) is 5.80. The quantitative estimate of drug-likeness (QED) is 0.803. The van der Waals surface area contributed by atoms with Crippen molar-refractivity contribution in [3.8, 4) is 5.75 Å². The van der Waals surface area contributed by atoms with E-state index < -0.39 is 10.0 Å². The van der Waals surface area contributed by atoms with E-state index in [9.17, 15) is 13.2 Å². The third kappa shape index (κ3) is 3.96. The van der Waals surface area contributed by atoms with Crippen LogP contribution in [-0.4, -0.2) is 28.0 Å². The summed E-state index contributed by atoms with van der Waals surface area (Å²) in [6.07, 6.45) is 5.62. The number of ether oxygens (including phenoxy) is 1. The Hall–Kier alpha value is -2.54. The summed E-state index contributed by atoms with van der Waals surface area (Å²) in [5, 5.41) is 2.98. The predicted octanol–water partition coefficient (Wildman–Crippen LogP) is 3.97. The van der Waals surface area contributed by atoms with Crippen molar-refractivity contribution in [3.05, 3.63) is 48.0 Å². The molecule has 1 heterocycles. The molecule has 0 atom stereocenters. The van der Waals surface area contributed by atoms with Gasteiger partial charge in [0, 0.05) is 18.2 Å². The van der Waals surface area contributed by atoms with Gasteiger partial charge in [0.15, 0.2) is 0 Å². The van der Waals surface area contributed by atoms with Gasteiger partial charge in [-0.25, -0.2) is 8.42 Å². The molecule has 2 aromatic rings. The van der Waals surface area contributed by atoms with Crippen LogP contribution in [0.25, 0.3) is 0 Å². The molecule has 1 fully saturated rings. The van der Waals surface area contributed by atoms with Crippen molar-refractivity contribution < 1.29 is 17.9 Å². The van der Waals surface area contributed by atoms with Gasteiger partial charge in [0.25, 0.3) is 10.0 Å². The Morgan fingerprint density at radius 2 is 1.79 bits per heavy atom. The first-order valence-corrected chi connectivity index (χ1v) is 11.5. The van der Waals surface area contributed by atoms with Crippen LogP contribution in [0.2, 0.25) is 0 Å². The molecule has 7 heteroatoms. The summed E-state index contributed by atoms with van der Waals surface area (Å²) < 4.78 is 33.2. The zero-order valence-electron chi connectivity index (χ0n) is 16.6. The van der Waals surface area contributed by atoms with Crippen molar-refractivity contribution in [3.63, 3.8) is 0 Å². The lowest BCUT2D eigenvalue weighted by molar-refractivity contribution is -0.119. The molecule has 0 radical (unpaired) electrons. The Morgan fingerprint density at radius 3 is 2.48 bits per heavy atom. The van der Waals surface area contributed by atoms with Gasteiger partial charge in [0.05, 0.1) is 17.7 Å². The van der Waals surface area contributed by atoms with Crippen LogP contribution in [0.1, 0.15) is 37.7 Å². The van der Waals surface area contributed by atoms with Gasteiger partial charge in [-0.05, 0) is 67.6 Å². The van der Waals surface area contributed by atoms with Gasteiger partial charge in [-0.1, -0.05) is 18.9 Å². The number of aryl methyl sites for hydroxylation is 1. The standard InChI is InChI=1S/C22H26N2O4S/c1-28-19-10-12-20(13-11-19)29(26,27)24-14-4-7-16-8-9-18(15-21(16)24)23-22(25)17-5-2-3-6-17/h8-13,15,17H,2-7,14H2,1H3,(H,23,25). The number of nitrogens with one attached hydrogen (secondary N) is 1. The minimum Gasteiger partial charge on any atom is -0.497 e. The molecule has 6 nitrogen and oxygen atoms in total. The zero-order valence-corrected chi connectivity index (χ0v) is 17.4. The summed E-state index contributed by atoms with van der Waals surface area (Å²) in [5.41, 5.74) is 2.28. The van der Waals surface area contributed by atoms with E-state index in [1.54, 1.807) is 37.4 Å². The second kappa shape index (κ2) is 8.06.